The number of ether oxygens (including phenoxy) is 1. The van der Waals surface area contributed by atoms with Crippen LogP contribution in [-0.2, 0) is 16.0 Å². The predicted octanol–water partition coefficient (Wildman–Crippen LogP) is 1.87. The van der Waals surface area contributed by atoms with Crippen molar-refractivity contribution >= 4 is 23.2 Å². The molecule has 6 nitrogen and oxygen atoms in total. The van der Waals surface area contributed by atoms with E-state index in [1.165, 1.54) is 23.3 Å². The normalized spacial score (nSPS) is 20.3. The molecule has 132 valence electrons. The molecule has 2 heterocycles. The van der Waals surface area contributed by atoms with Crippen LogP contribution in [0.15, 0.2) is 35.7 Å². The number of amides is 1. The van der Waals surface area contributed by atoms with Gasteiger partial charge in [-0.3, -0.25) is 4.79 Å². The van der Waals surface area contributed by atoms with Crippen LogP contribution in [-0.4, -0.2) is 52.7 Å². The molecule has 1 saturated heterocycles. The van der Waals surface area contributed by atoms with E-state index in [4.69, 9.17) is 4.74 Å². The fraction of sp³-hybridized carbons (Fsp3) is 0.389. The van der Waals surface area contributed by atoms with Crippen molar-refractivity contribution in [2.45, 2.75) is 31.4 Å². The van der Waals surface area contributed by atoms with Gasteiger partial charge in [-0.2, -0.15) is 0 Å². The van der Waals surface area contributed by atoms with Gasteiger partial charge < -0.3 is 14.7 Å². The summed E-state index contributed by atoms with van der Waals surface area (Å²) in [7, 11) is 1.28. The first-order valence-corrected chi connectivity index (χ1v) is 9.01. The van der Waals surface area contributed by atoms with E-state index < -0.39 is 18.1 Å². The number of aliphatic hydroxyl groups is 1. The molecule has 1 aromatic heterocycles. The summed E-state index contributed by atoms with van der Waals surface area (Å²) in [5, 5.41) is 12.4. The Balaban J connectivity index is 1.74. The molecule has 2 aromatic rings. The second-order valence-corrected chi connectivity index (χ2v) is 6.95. The van der Waals surface area contributed by atoms with Gasteiger partial charge >= 0.3 is 5.97 Å². The van der Waals surface area contributed by atoms with Crippen molar-refractivity contribution in [2.75, 3.05) is 13.7 Å². The Bertz CT molecular complexity index is 747. The van der Waals surface area contributed by atoms with Crippen LogP contribution >= 0.6 is 11.3 Å². The summed E-state index contributed by atoms with van der Waals surface area (Å²) >= 11 is 1.43. The first-order valence-electron chi connectivity index (χ1n) is 8.13. The molecule has 7 heteroatoms. The molecule has 1 amide bonds. The highest BCUT2D eigenvalue weighted by molar-refractivity contribution is 7.09. The van der Waals surface area contributed by atoms with Crippen LogP contribution in [0.4, 0.5) is 0 Å². The molecule has 1 aliphatic heterocycles. The molecule has 25 heavy (non-hydrogen) atoms. The molecule has 0 radical (unpaired) electrons. The van der Waals surface area contributed by atoms with E-state index in [0.29, 0.717) is 25.1 Å². The maximum atomic E-state index is 12.8. The molecule has 1 aliphatic rings. The highest BCUT2D eigenvalue weighted by atomic mass is 32.1. The number of benzene rings is 1. The van der Waals surface area contributed by atoms with Crippen molar-refractivity contribution in [3.05, 3.63) is 52.0 Å². The van der Waals surface area contributed by atoms with Gasteiger partial charge in [-0.1, -0.05) is 30.3 Å². The van der Waals surface area contributed by atoms with Crippen molar-refractivity contribution in [3.8, 4) is 0 Å². The summed E-state index contributed by atoms with van der Waals surface area (Å²) < 4.78 is 4.78. The van der Waals surface area contributed by atoms with Gasteiger partial charge in [0.15, 0.2) is 0 Å². The van der Waals surface area contributed by atoms with Crippen LogP contribution in [0.1, 0.15) is 33.9 Å². The summed E-state index contributed by atoms with van der Waals surface area (Å²) in [6.07, 6.45) is 0.703. The van der Waals surface area contributed by atoms with E-state index in [2.05, 4.69) is 4.98 Å². The number of esters is 1. The summed E-state index contributed by atoms with van der Waals surface area (Å²) in [4.78, 5) is 30.6. The Hall–Kier alpha value is -2.25. The average Bonchev–Trinajstić information content (AvgIpc) is 3.09. The van der Waals surface area contributed by atoms with Crippen LogP contribution in [0.2, 0.25) is 0 Å². The van der Waals surface area contributed by atoms with Gasteiger partial charge in [0, 0.05) is 24.8 Å². The van der Waals surface area contributed by atoms with E-state index in [-0.39, 0.29) is 12.3 Å². The van der Waals surface area contributed by atoms with Gasteiger partial charge in [-0.25, -0.2) is 9.78 Å². The third kappa shape index (κ3) is 4.05. The predicted molar refractivity (Wildman–Crippen MR) is 93.4 cm³/mol. The molecule has 3 rings (SSSR count). The fourth-order valence-corrected chi connectivity index (χ4v) is 3.76. The van der Waals surface area contributed by atoms with Crippen molar-refractivity contribution in [2.24, 2.45) is 0 Å². The zero-order valence-corrected chi connectivity index (χ0v) is 14.7. The number of nitrogens with zero attached hydrogens (tertiary/aromatic N) is 2. The molecule has 0 saturated carbocycles. The number of carbonyl (C=O) groups is 2. The second-order valence-electron chi connectivity index (χ2n) is 6.00. The molecule has 1 fully saturated rings. The van der Waals surface area contributed by atoms with Crippen LogP contribution < -0.4 is 0 Å². The number of thiazole rings is 1. The lowest BCUT2D eigenvalue weighted by atomic mass is 9.99. The Morgan fingerprint density at radius 1 is 1.36 bits per heavy atom. The number of aliphatic hydroxyl groups excluding tert-OH is 1. The molecule has 1 N–H and O–H groups in total. The number of likely N-dealkylation sites (tertiary alicyclic amines) is 1. The maximum absolute atomic E-state index is 12.8. The zero-order valence-electron chi connectivity index (χ0n) is 13.9. The monoisotopic (exact) mass is 360 g/mol. The summed E-state index contributed by atoms with van der Waals surface area (Å²) in [6, 6.07) is 9.16. The largest absolute Gasteiger partial charge is 0.467 e. The minimum Gasteiger partial charge on any atom is -0.467 e. The summed E-state index contributed by atoms with van der Waals surface area (Å²) in [5.41, 5.74) is 1.46. The van der Waals surface area contributed by atoms with Crippen molar-refractivity contribution in [1.29, 1.82) is 0 Å². The van der Waals surface area contributed by atoms with Gasteiger partial charge in [-0.15, -0.1) is 11.3 Å². The molecule has 0 bridgehead atoms. The highest BCUT2D eigenvalue weighted by Gasteiger charge is 2.37. The maximum Gasteiger partial charge on any atom is 0.328 e. The third-order valence-electron chi connectivity index (χ3n) is 4.28. The minimum absolute atomic E-state index is 0.194. The van der Waals surface area contributed by atoms with E-state index in [0.717, 1.165) is 10.6 Å². The zero-order chi connectivity index (χ0) is 17.8. The van der Waals surface area contributed by atoms with E-state index in [1.807, 2.05) is 30.3 Å². The molecule has 0 unspecified atom stereocenters. The van der Waals surface area contributed by atoms with E-state index >= 15 is 0 Å². The number of hydrogen-bond acceptors (Lipinski definition) is 6. The van der Waals surface area contributed by atoms with Crippen LogP contribution in [0.5, 0.6) is 0 Å². The Morgan fingerprint density at radius 2 is 2.12 bits per heavy atom. The molecule has 0 aliphatic carbocycles. The number of piperidine rings is 1. The fourth-order valence-electron chi connectivity index (χ4n) is 2.96. The standard InChI is InChI=1S/C18H20N2O4S/c1-24-18(23)15-10-13(21)7-8-20(15)17(22)14-11-25-16(19-14)9-12-5-3-2-4-6-12/h2-6,11,13,15,21H,7-10H2,1H3/t13-,15+/m1/s1. The van der Waals surface area contributed by atoms with Crippen LogP contribution in [0.3, 0.4) is 0 Å². The van der Waals surface area contributed by atoms with Gasteiger partial charge in [-0.05, 0) is 12.0 Å². The molecular weight excluding hydrogens is 340 g/mol. The molecule has 2 atom stereocenters. The first kappa shape index (κ1) is 17.6. The Morgan fingerprint density at radius 3 is 2.84 bits per heavy atom. The van der Waals surface area contributed by atoms with Gasteiger partial charge in [0.2, 0.25) is 0 Å². The number of rotatable bonds is 4. The third-order valence-corrected chi connectivity index (χ3v) is 5.13. The lowest BCUT2D eigenvalue weighted by Gasteiger charge is -2.35. The molecular formula is C18H20N2O4S. The second kappa shape index (κ2) is 7.76. The minimum atomic E-state index is -0.763. The number of methoxy groups -OCH3 is 1. The van der Waals surface area contributed by atoms with Gasteiger partial charge in [0.05, 0.1) is 18.2 Å². The number of hydrogen-bond donors (Lipinski definition) is 1. The van der Waals surface area contributed by atoms with Gasteiger partial charge in [0.1, 0.15) is 11.7 Å². The van der Waals surface area contributed by atoms with Crippen LogP contribution in [0, 0.1) is 0 Å². The highest BCUT2D eigenvalue weighted by Crippen LogP contribution is 2.23. The Labute approximate surface area is 150 Å². The molecule has 1 aromatic carbocycles. The number of carbonyl (C=O) groups excluding carboxylic acids is 2. The van der Waals surface area contributed by atoms with Crippen LogP contribution in [0.25, 0.3) is 0 Å². The SMILES string of the molecule is COC(=O)[C@@H]1C[C@H](O)CCN1C(=O)c1csc(Cc2ccccc2)n1. The quantitative estimate of drug-likeness (QED) is 0.842. The van der Waals surface area contributed by atoms with Crippen molar-refractivity contribution in [1.82, 2.24) is 9.88 Å². The lowest BCUT2D eigenvalue weighted by Crippen LogP contribution is -2.51. The van der Waals surface area contributed by atoms with Crippen molar-refractivity contribution in [3.63, 3.8) is 0 Å². The topological polar surface area (TPSA) is 79.7 Å². The summed E-state index contributed by atoms with van der Waals surface area (Å²) in [5.74, 6) is -0.801. The van der Waals surface area contributed by atoms with Crippen molar-refractivity contribution < 1.29 is 19.4 Å². The number of aromatic nitrogens is 1. The van der Waals surface area contributed by atoms with Gasteiger partial charge in [0.25, 0.3) is 5.91 Å². The first-order chi connectivity index (χ1) is 12.1. The Kier molecular flexibility index (Phi) is 5.45. The van der Waals surface area contributed by atoms with E-state index in [1.54, 1.807) is 5.38 Å². The average molecular weight is 360 g/mol. The summed E-state index contributed by atoms with van der Waals surface area (Å²) in [6.45, 7) is 0.311. The lowest BCUT2D eigenvalue weighted by molar-refractivity contribution is -0.148. The molecule has 0 spiro atoms. The smallest absolute Gasteiger partial charge is 0.328 e. The van der Waals surface area contributed by atoms with E-state index in [9.17, 15) is 14.7 Å².